The van der Waals surface area contributed by atoms with Gasteiger partial charge in [-0.05, 0) is 121 Å². The molecule has 91 heavy (non-hydrogen) atoms. The summed E-state index contributed by atoms with van der Waals surface area (Å²) in [6.45, 7) is 6.58. The van der Waals surface area contributed by atoms with Crippen LogP contribution in [0.4, 0.5) is 17.1 Å². The van der Waals surface area contributed by atoms with Crippen LogP contribution in [0.5, 0.6) is 5.75 Å². The highest BCUT2D eigenvalue weighted by atomic mass is 16.5. The second-order valence-electron chi connectivity index (χ2n) is 24.7. The van der Waals surface area contributed by atoms with Crippen molar-refractivity contribution in [1.29, 1.82) is 0 Å². The number of methoxy groups -OCH3 is 2. The van der Waals surface area contributed by atoms with Gasteiger partial charge in [0.2, 0.25) is 5.91 Å². The summed E-state index contributed by atoms with van der Waals surface area (Å²) in [5.74, 6) is 1.67. The minimum atomic E-state index is -0.800. The lowest BCUT2D eigenvalue weighted by Crippen LogP contribution is -2.49. The van der Waals surface area contributed by atoms with Crippen LogP contribution in [0, 0.1) is 6.92 Å². The molecule has 4 aliphatic rings. The van der Waals surface area contributed by atoms with Crippen LogP contribution < -0.4 is 36.2 Å². The first-order valence-corrected chi connectivity index (χ1v) is 31.2. The van der Waals surface area contributed by atoms with Gasteiger partial charge in [0.25, 0.3) is 17.0 Å². The number of carbonyl (C=O) groups is 2. The number of likely N-dealkylation sites (N-methyl/N-ethyl adjacent to an activating group) is 2. The van der Waals surface area contributed by atoms with Gasteiger partial charge >= 0.3 is 5.69 Å². The molecule has 6 aromatic heterocycles. The SMILES string of the molecule is COC[C@H]1CN(c2ccc3c(=O)n(CCc4ccc5nc(C)cn5c4)c(CCn4nc5ccc(C6CC67C(=O)N(C)c6cc(CCn8c(CCc9ccccc9OC)nc9cc(N%10CCO[C@@H](C(=O)N(C)C)C%10)ccc9c8=O)ccc67)cn5c4=O)nc3c2)CCO1. The average molecular weight is 1230 g/mol. The maximum absolute atomic E-state index is 14.7. The fraction of sp³-hybridized carbons (Fsp3) is 0.377. The molecule has 10 aromatic rings. The lowest BCUT2D eigenvalue weighted by Gasteiger charge is -2.34. The molecule has 14 rings (SSSR count). The number of morpholine rings is 2. The van der Waals surface area contributed by atoms with Crippen molar-refractivity contribution in [3.63, 3.8) is 0 Å². The maximum Gasteiger partial charge on any atom is 0.350 e. The van der Waals surface area contributed by atoms with Crippen LogP contribution in [0.3, 0.4) is 0 Å². The summed E-state index contributed by atoms with van der Waals surface area (Å²) in [6, 6.07) is 33.4. The Morgan fingerprint density at radius 3 is 2.10 bits per heavy atom. The molecule has 4 atom stereocenters. The molecular weight excluding hydrogens is 1150 g/mol. The van der Waals surface area contributed by atoms with Gasteiger partial charge in [0.1, 0.15) is 23.0 Å². The standard InChI is InChI=1S/C69H73N13O9/c1-43-37-78-38-45(12-20-60(78)70-43)24-27-80-62(72-56-34-48(15-17-52(56)65(80)84)76-29-31-90-50(40-76)42-88-5)25-28-82-68(87)81-39-47(14-22-63(81)73-82)54-36-69(54)53-19-11-44(33-57(53)75(4)67(69)86)23-26-79-61(21-13-46-9-7-8-10-58(46)89-6)71-55-35-49(16-18-51(55)64(79)83)77-30-32-91-59(41-77)66(85)74(2)3/h7-12,14-20,22,33-35,37-39,50,54,59H,13,21,23-32,36,40-42H2,1-6H3/t50-,54?,59-,69?/m1/s1. The summed E-state index contributed by atoms with van der Waals surface area (Å²) >= 11 is 0. The third kappa shape index (κ3) is 11.0. The molecule has 468 valence electrons. The smallest absolute Gasteiger partial charge is 0.350 e. The minimum Gasteiger partial charge on any atom is -0.496 e. The highest BCUT2D eigenvalue weighted by Crippen LogP contribution is 2.66. The van der Waals surface area contributed by atoms with Gasteiger partial charge in [-0.15, -0.1) is 5.10 Å². The van der Waals surface area contributed by atoms with Crippen molar-refractivity contribution in [3.05, 3.63) is 198 Å². The molecule has 0 N–H and O–H groups in total. The molecule has 2 amide bonds. The van der Waals surface area contributed by atoms with Gasteiger partial charge in [0.15, 0.2) is 11.8 Å². The van der Waals surface area contributed by atoms with Crippen molar-refractivity contribution in [2.24, 2.45) is 0 Å². The number of imidazole rings is 1. The van der Waals surface area contributed by atoms with Crippen LogP contribution >= 0.6 is 0 Å². The molecule has 1 saturated carbocycles. The lowest BCUT2D eigenvalue weighted by atomic mass is 9.91. The molecule has 1 aliphatic carbocycles. The third-order valence-corrected chi connectivity index (χ3v) is 18.8. The quantitative estimate of drug-likeness (QED) is 0.0918. The molecule has 9 heterocycles. The number of aryl methyl sites for hydroxylation is 7. The molecule has 1 spiro atoms. The van der Waals surface area contributed by atoms with E-state index in [9.17, 15) is 24.0 Å². The molecule has 22 nitrogen and oxygen atoms in total. The Morgan fingerprint density at radius 2 is 1.37 bits per heavy atom. The van der Waals surface area contributed by atoms with Crippen molar-refractivity contribution in [3.8, 4) is 5.75 Å². The van der Waals surface area contributed by atoms with Crippen LogP contribution in [-0.4, -0.2) is 153 Å². The van der Waals surface area contributed by atoms with Crippen molar-refractivity contribution in [2.45, 2.75) is 88.6 Å². The summed E-state index contributed by atoms with van der Waals surface area (Å²) in [5.41, 5.74) is 9.38. The Labute approximate surface area is 524 Å². The second-order valence-corrected chi connectivity index (χ2v) is 24.7. The predicted octanol–water partition coefficient (Wildman–Crippen LogP) is 5.94. The molecule has 2 saturated heterocycles. The molecule has 0 radical (unpaired) electrons. The summed E-state index contributed by atoms with van der Waals surface area (Å²) in [6.07, 6.45) is 8.13. The Balaban J connectivity index is 0.709. The Kier molecular flexibility index (Phi) is 15.6. The Morgan fingerprint density at radius 1 is 0.692 bits per heavy atom. The number of nitrogens with zero attached hydrogens (tertiary/aromatic N) is 13. The molecule has 4 aromatic carbocycles. The van der Waals surface area contributed by atoms with E-state index >= 15 is 0 Å². The van der Waals surface area contributed by atoms with Gasteiger partial charge in [-0.1, -0.05) is 42.5 Å². The van der Waals surface area contributed by atoms with Crippen molar-refractivity contribution >= 4 is 62.0 Å². The lowest BCUT2D eigenvalue weighted by molar-refractivity contribution is -0.141. The number of hydrogen-bond acceptors (Lipinski definition) is 15. The largest absolute Gasteiger partial charge is 0.496 e. The first-order chi connectivity index (χ1) is 44.2. The first kappa shape index (κ1) is 59.1. The van der Waals surface area contributed by atoms with E-state index in [1.807, 2.05) is 122 Å². The summed E-state index contributed by atoms with van der Waals surface area (Å²) < 4.78 is 31.4. The number of anilines is 3. The molecule has 22 heteroatoms. The zero-order chi connectivity index (χ0) is 62.8. The number of amides is 2. The minimum absolute atomic E-state index is 0.00343. The zero-order valence-corrected chi connectivity index (χ0v) is 52.1. The van der Waals surface area contributed by atoms with Crippen molar-refractivity contribution in [1.82, 2.24) is 47.6 Å². The van der Waals surface area contributed by atoms with Gasteiger partial charge in [-0.2, -0.15) is 0 Å². The van der Waals surface area contributed by atoms with Crippen molar-refractivity contribution < 1.29 is 28.5 Å². The van der Waals surface area contributed by atoms with E-state index in [0.29, 0.717) is 130 Å². The maximum atomic E-state index is 14.7. The van der Waals surface area contributed by atoms with Crippen molar-refractivity contribution in [2.75, 3.05) is 96.1 Å². The Hall–Kier alpha value is -9.51. The summed E-state index contributed by atoms with van der Waals surface area (Å²) in [5, 5.41) is 5.77. The molecular formula is C69H73N13O9. The number of para-hydroxylation sites is 1. The first-order valence-electron chi connectivity index (χ1n) is 31.2. The molecule has 0 bridgehead atoms. The van der Waals surface area contributed by atoms with Gasteiger partial charge in [0.05, 0.1) is 79.0 Å². The van der Waals surface area contributed by atoms with Gasteiger partial charge < -0.3 is 42.9 Å². The zero-order valence-electron chi connectivity index (χ0n) is 52.1. The van der Waals surface area contributed by atoms with Gasteiger partial charge in [-0.25, -0.2) is 24.4 Å². The molecule has 2 unspecified atom stereocenters. The van der Waals surface area contributed by atoms with E-state index < -0.39 is 11.5 Å². The molecule has 3 aliphatic heterocycles. The predicted molar refractivity (Wildman–Crippen MR) is 346 cm³/mol. The molecule has 3 fully saturated rings. The van der Waals surface area contributed by atoms with E-state index in [2.05, 4.69) is 33.0 Å². The number of ether oxygens (including phenoxy) is 4. The second kappa shape index (κ2) is 24.0. The van der Waals surface area contributed by atoms with E-state index in [4.69, 9.17) is 34.0 Å². The number of benzene rings is 4. The topological polar surface area (TPSA) is 210 Å². The monoisotopic (exact) mass is 1230 g/mol. The highest BCUT2D eigenvalue weighted by molar-refractivity contribution is 6.11. The van der Waals surface area contributed by atoms with Gasteiger partial charge in [0, 0.05) is 115 Å². The number of fused-ring (bicyclic) bond motifs is 6. The normalized spacial score (nSPS) is 19.0. The Bertz CT molecular complexity index is 4700. The number of hydrogen-bond donors (Lipinski definition) is 0. The number of carbonyl (C=O) groups excluding carboxylic acids is 2. The van der Waals surface area contributed by atoms with E-state index in [-0.39, 0.29) is 53.6 Å². The number of aromatic nitrogens is 9. The summed E-state index contributed by atoms with van der Waals surface area (Å²) in [7, 11) is 8.58. The van der Waals surface area contributed by atoms with Crippen LogP contribution in [0.2, 0.25) is 0 Å². The van der Waals surface area contributed by atoms with E-state index in [1.165, 1.54) is 4.68 Å². The highest BCUT2D eigenvalue weighted by Gasteiger charge is 2.66. The van der Waals surface area contributed by atoms with E-state index in [0.717, 1.165) is 62.0 Å². The number of pyridine rings is 2. The number of rotatable bonds is 19. The average Bonchev–Trinajstić information content (AvgIpc) is 1.52. The van der Waals surface area contributed by atoms with Crippen LogP contribution in [0.15, 0.2) is 136 Å². The fourth-order valence-corrected chi connectivity index (χ4v) is 14.0. The van der Waals surface area contributed by atoms with E-state index in [1.54, 1.807) is 51.6 Å². The summed E-state index contributed by atoms with van der Waals surface area (Å²) in [4.78, 5) is 93.7. The van der Waals surface area contributed by atoms with Crippen LogP contribution in [-0.2, 0) is 81.0 Å². The van der Waals surface area contributed by atoms with Crippen LogP contribution in [0.1, 0.15) is 57.5 Å². The van der Waals surface area contributed by atoms with Gasteiger partial charge in [-0.3, -0.25) is 32.7 Å². The van der Waals surface area contributed by atoms with Crippen LogP contribution in [0.25, 0.3) is 33.1 Å². The third-order valence-electron chi connectivity index (χ3n) is 18.8. The fourth-order valence-electron chi connectivity index (χ4n) is 14.0.